The lowest BCUT2D eigenvalue weighted by Crippen LogP contribution is -2.13. The van der Waals surface area contributed by atoms with Crippen LogP contribution >= 0.6 is 0 Å². The normalized spacial score (nSPS) is 9.00. The fraction of sp³-hybridized carbons (Fsp3) is 0.714. The van der Waals surface area contributed by atoms with Crippen LogP contribution in [0.3, 0.4) is 0 Å². The molecule has 0 aliphatic heterocycles. The first kappa shape index (κ1) is 11.6. The maximum absolute atomic E-state index is 10.8. The van der Waals surface area contributed by atoms with Gasteiger partial charge in [0, 0.05) is 11.5 Å². The fourth-order valence-corrected chi connectivity index (χ4v) is 0.665. The fourth-order valence-electron chi connectivity index (χ4n) is 0.665. The summed E-state index contributed by atoms with van der Waals surface area (Å²) in [5.41, 5.74) is 7.88. The molecule has 0 saturated heterocycles. The van der Waals surface area contributed by atoms with Gasteiger partial charge in [-0.25, -0.2) is 0 Å². The van der Waals surface area contributed by atoms with Crippen LogP contribution < -0.4 is 0 Å². The van der Waals surface area contributed by atoms with E-state index >= 15 is 0 Å². The Morgan fingerprint density at radius 2 is 2.23 bits per heavy atom. The van der Waals surface area contributed by atoms with Gasteiger partial charge < -0.3 is 4.74 Å². The average Bonchev–Trinajstić information content (AvgIpc) is 2.02. The first-order chi connectivity index (χ1) is 6.16. The van der Waals surface area contributed by atoms with Gasteiger partial charge in [-0.2, -0.15) is 0 Å². The lowest BCUT2D eigenvalue weighted by molar-refractivity contribution is -0.128. The van der Waals surface area contributed by atoms with E-state index in [1.807, 2.05) is 0 Å². The Bertz CT molecular complexity index is 233. The topological polar surface area (TPSA) is 92.1 Å². The van der Waals surface area contributed by atoms with E-state index in [2.05, 4.69) is 10.0 Å². The second-order valence-corrected chi connectivity index (χ2v) is 2.42. The molecule has 6 heteroatoms. The van der Waals surface area contributed by atoms with Crippen LogP contribution in [0.4, 0.5) is 0 Å². The summed E-state index contributed by atoms with van der Waals surface area (Å²) in [6.07, 6.45) is -0.0957. The SMILES string of the molecule is CC(=O)CC(=O)COCCN=[N+]=[N-]. The molecule has 0 saturated carbocycles. The Kier molecular flexibility index (Phi) is 6.49. The van der Waals surface area contributed by atoms with Gasteiger partial charge in [-0.3, -0.25) is 9.59 Å². The molecule has 0 atom stereocenters. The van der Waals surface area contributed by atoms with Gasteiger partial charge in [0.2, 0.25) is 0 Å². The summed E-state index contributed by atoms with van der Waals surface area (Å²) in [5.74, 6) is -0.433. The Morgan fingerprint density at radius 3 is 2.77 bits per heavy atom. The first-order valence-corrected chi connectivity index (χ1v) is 3.76. The van der Waals surface area contributed by atoms with Crippen molar-refractivity contribution in [2.75, 3.05) is 19.8 Å². The van der Waals surface area contributed by atoms with Crippen molar-refractivity contribution in [2.24, 2.45) is 5.11 Å². The van der Waals surface area contributed by atoms with Crippen LogP contribution in [0, 0.1) is 0 Å². The van der Waals surface area contributed by atoms with Gasteiger partial charge in [-0.05, 0) is 12.5 Å². The molecule has 0 fully saturated rings. The molecule has 0 aromatic rings. The molecule has 0 N–H and O–H groups in total. The quantitative estimate of drug-likeness (QED) is 0.193. The van der Waals surface area contributed by atoms with Crippen molar-refractivity contribution in [3.8, 4) is 0 Å². The summed E-state index contributed by atoms with van der Waals surface area (Å²) in [6, 6.07) is 0. The summed E-state index contributed by atoms with van der Waals surface area (Å²) in [6.45, 7) is 1.65. The van der Waals surface area contributed by atoms with Crippen LogP contribution in [0.1, 0.15) is 13.3 Å². The number of ketones is 2. The van der Waals surface area contributed by atoms with Crippen LogP contribution in [0.5, 0.6) is 0 Å². The molecule has 0 spiro atoms. The number of hydrogen-bond acceptors (Lipinski definition) is 4. The monoisotopic (exact) mass is 185 g/mol. The highest BCUT2D eigenvalue weighted by molar-refractivity contribution is 5.98. The minimum absolute atomic E-state index is 0.0957. The molecule has 0 heterocycles. The van der Waals surface area contributed by atoms with Gasteiger partial charge in [-0.1, -0.05) is 5.11 Å². The minimum Gasteiger partial charge on any atom is -0.374 e. The maximum Gasteiger partial charge on any atom is 0.165 e. The number of carbonyl (C=O) groups excluding carboxylic acids is 2. The zero-order chi connectivity index (χ0) is 10.1. The van der Waals surface area contributed by atoms with Gasteiger partial charge in [-0.15, -0.1) is 0 Å². The number of ether oxygens (including phenoxy) is 1. The van der Waals surface area contributed by atoms with E-state index < -0.39 is 0 Å². The molecule has 0 aromatic carbocycles. The summed E-state index contributed by atoms with van der Waals surface area (Å²) < 4.78 is 4.83. The van der Waals surface area contributed by atoms with Crippen molar-refractivity contribution in [3.05, 3.63) is 10.4 Å². The molecule has 72 valence electrons. The number of hydrogen-bond donors (Lipinski definition) is 0. The lowest BCUT2D eigenvalue weighted by Gasteiger charge is -1.98. The van der Waals surface area contributed by atoms with Gasteiger partial charge in [0.15, 0.2) is 5.78 Å². The predicted molar refractivity (Wildman–Crippen MR) is 45.1 cm³/mol. The van der Waals surface area contributed by atoms with Crippen molar-refractivity contribution in [1.82, 2.24) is 0 Å². The average molecular weight is 185 g/mol. The summed E-state index contributed by atoms with van der Waals surface area (Å²) >= 11 is 0. The largest absolute Gasteiger partial charge is 0.374 e. The second kappa shape index (κ2) is 7.27. The highest BCUT2D eigenvalue weighted by Crippen LogP contribution is 1.87. The molecule has 13 heavy (non-hydrogen) atoms. The zero-order valence-corrected chi connectivity index (χ0v) is 7.39. The molecule has 6 nitrogen and oxygen atoms in total. The van der Waals surface area contributed by atoms with E-state index in [1.165, 1.54) is 6.92 Å². The molecular formula is C7H11N3O3. The molecule has 0 aromatic heterocycles. The highest BCUT2D eigenvalue weighted by Gasteiger charge is 2.04. The Morgan fingerprint density at radius 1 is 1.54 bits per heavy atom. The third-order valence-electron chi connectivity index (χ3n) is 1.11. The summed E-state index contributed by atoms with van der Waals surface area (Å²) in [4.78, 5) is 23.8. The third-order valence-corrected chi connectivity index (χ3v) is 1.11. The molecule has 0 unspecified atom stereocenters. The van der Waals surface area contributed by atoms with Gasteiger partial charge in [0.05, 0.1) is 13.0 Å². The number of nitrogens with zero attached hydrogens (tertiary/aromatic N) is 3. The van der Waals surface area contributed by atoms with E-state index in [1.54, 1.807) is 0 Å². The van der Waals surface area contributed by atoms with Crippen LogP contribution in [0.15, 0.2) is 5.11 Å². The lowest BCUT2D eigenvalue weighted by atomic mass is 10.2. The van der Waals surface area contributed by atoms with E-state index in [4.69, 9.17) is 10.3 Å². The minimum atomic E-state index is -0.256. The van der Waals surface area contributed by atoms with Gasteiger partial charge in [0.25, 0.3) is 0 Å². The smallest absolute Gasteiger partial charge is 0.165 e. The van der Waals surface area contributed by atoms with Crippen LogP contribution in [0.25, 0.3) is 10.4 Å². The van der Waals surface area contributed by atoms with Crippen LogP contribution in [-0.4, -0.2) is 31.3 Å². The molecule has 0 bridgehead atoms. The molecule has 0 radical (unpaired) electrons. The Balaban J connectivity index is 3.37. The van der Waals surface area contributed by atoms with Gasteiger partial charge in [0.1, 0.15) is 12.4 Å². The zero-order valence-electron chi connectivity index (χ0n) is 7.39. The Labute approximate surface area is 75.5 Å². The van der Waals surface area contributed by atoms with Crippen LogP contribution in [0.2, 0.25) is 0 Å². The number of azide groups is 1. The highest BCUT2D eigenvalue weighted by atomic mass is 16.5. The van der Waals surface area contributed by atoms with Crippen molar-refractivity contribution in [2.45, 2.75) is 13.3 Å². The summed E-state index contributed by atoms with van der Waals surface area (Å²) in [7, 11) is 0. The van der Waals surface area contributed by atoms with Crippen molar-refractivity contribution < 1.29 is 14.3 Å². The molecule has 0 aliphatic rings. The molecular weight excluding hydrogens is 174 g/mol. The number of rotatable bonds is 7. The van der Waals surface area contributed by atoms with Crippen molar-refractivity contribution in [3.63, 3.8) is 0 Å². The van der Waals surface area contributed by atoms with Crippen molar-refractivity contribution in [1.29, 1.82) is 0 Å². The standard InChI is InChI=1S/C7H11N3O3/c1-6(11)4-7(12)5-13-3-2-9-10-8/h2-5H2,1H3. The number of carbonyl (C=O) groups is 2. The third kappa shape index (κ3) is 8.52. The van der Waals surface area contributed by atoms with Crippen molar-refractivity contribution >= 4 is 11.6 Å². The van der Waals surface area contributed by atoms with E-state index in [0.717, 1.165) is 0 Å². The molecule has 0 aliphatic carbocycles. The van der Waals surface area contributed by atoms with E-state index in [0.29, 0.717) is 0 Å². The first-order valence-electron chi connectivity index (χ1n) is 3.76. The Hall–Kier alpha value is -1.39. The molecule has 0 amide bonds. The van der Waals surface area contributed by atoms with E-state index in [9.17, 15) is 9.59 Å². The van der Waals surface area contributed by atoms with Crippen LogP contribution in [-0.2, 0) is 14.3 Å². The second-order valence-electron chi connectivity index (χ2n) is 2.42. The maximum atomic E-state index is 10.8. The summed E-state index contributed by atoms with van der Waals surface area (Å²) in [5, 5.41) is 3.21. The molecule has 0 rings (SSSR count). The number of Topliss-reactive ketones (excluding diaryl/α,β-unsaturated/α-hetero) is 2. The predicted octanol–water partition coefficient (Wildman–Crippen LogP) is 0.861. The van der Waals surface area contributed by atoms with Gasteiger partial charge >= 0.3 is 0 Å². The van der Waals surface area contributed by atoms with E-state index in [-0.39, 0.29) is 37.7 Å².